The van der Waals surface area contributed by atoms with Gasteiger partial charge in [-0.25, -0.2) is 0 Å². The first kappa shape index (κ1) is 15.8. The van der Waals surface area contributed by atoms with E-state index in [4.69, 9.17) is 4.74 Å². The zero-order valence-electron chi connectivity index (χ0n) is 13.1. The summed E-state index contributed by atoms with van der Waals surface area (Å²) in [6.07, 6.45) is 3.00. The molecule has 1 unspecified atom stereocenters. The minimum Gasteiger partial charge on any atom is -0.491 e. The number of anilines is 1. The van der Waals surface area contributed by atoms with Crippen LogP contribution < -0.4 is 10.1 Å². The van der Waals surface area contributed by atoms with E-state index in [0.717, 1.165) is 37.0 Å². The summed E-state index contributed by atoms with van der Waals surface area (Å²) in [6, 6.07) is 5.70. The van der Waals surface area contributed by atoms with Gasteiger partial charge in [-0.1, -0.05) is 12.1 Å². The molecular weight excluding hydrogens is 296 g/mol. The van der Waals surface area contributed by atoms with Gasteiger partial charge in [0.05, 0.1) is 18.8 Å². The van der Waals surface area contributed by atoms with Crippen LogP contribution in [0.5, 0.6) is 5.75 Å². The lowest BCUT2D eigenvalue weighted by Gasteiger charge is -2.23. The number of rotatable bonds is 3. The Morgan fingerprint density at radius 1 is 1.35 bits per heavy atom. The molecule has 0 aliphatic carbocycles. The van der Waals surface area contributed by atoms with Crippen molar-refractivity contribution >= 4 is 17.5 Å². The van der Waals surface area contributed by atoms with Crippen LogP contribution in [0.1, 0.15) is 31.2 Å². The van der Waals surface area contributed by atoms with Crippen LogP contribution in [-0.2, 0) is 16.0 Å². The SMILES string of the molecule is O=C(CN1CCCCC(O)C1=O)Nc1cccc2c1OCCC2. The van der Waals surface area contributed by atoms with Crippen molar-refractivity contribution in [2.24, 2.45) is 0 Å². The number of carbonyl (C=O) groups is 2. The van der Waals surface area contributed by atoms with Gasteiger partial charge in [-0.05, 0) is 43.7 Å². The van der Waals surface area contributed by atoms with Crippen molar-refractivity contribution < 1.29 is 19.4 Å². The molecule has 0 spiro atoms. The zero-order valence-corrected chi connectivity index (χ0v) is 13.1. The van der Waals surface area contributed by atoms with Crippen LogP contribution in [-0.4, -0.2) is 47.6 Å². The fourth-order valence-corrected chi connectivity index (χ4v) is 3.09. The number of amides is 2. The summed E-state index contributed by atoms with van der Waals surface area (Å²) in [5, 5.41) is 12.6. The molecule has 1 saturated heterocycles. The van der Waals surface area contributed by atoms with Gasteiger partial charge in [0.1, 0.15) is 11.9 Å². The molecule has 6 heteroatoms. The van der Waals surface area contributed by atoms with E-state index in [0.29, 0.717) is 25.3 Å². The van der Waals surface area contributed by atoms with Gasteiger partial charge >= 0.3 is 0 Å². The summed E-state index contributed by atoms with van der Waals surface area (Å²) >= 11 is 0. The Balaban J connectivity index is 1.66. The number of aliphatic hydroxyl groups is 1. The van der Waals surface area contributed by atoms with Crippen molar-refractivity contribution in [2.45, 2.75) is 38.2 Å². The summed E-state index contributed by atoms with van der Waals surface area (Å²) in [5.74, 6) is 0.105. The first-order chi connectivity index (χ1) is 11.1. The van der Waals surface area contributed by atoms with E-state index in [1.165, 1.54) is 4.90 Å². The van der Waals surface area contributed by atoms with E-state index >= 15 is 0 Å². The second-order valence-corrected chi connectivity index (χ2v) is 6.07. The standard InChI is InChI=1S/C17H22N2O4/c20-14-8-1-2-9-19(17(14)22)11-15(21)18-13-7-3-5-12-6-4-10-23-16(12)13/h3,5,7,14,20H,1-2,4,6,8-11H2,(H,18,21). The Labute approximate surface area is 135 Å². The highest BCUT2D eigenvalue weighted by Crippen LogP contribution is 2.32. The van der Waals surface area contributed by atoms with Gasteiger partial charge in [-0.2, -0.15) is 0 Å². The van der Waals surface area contributed by atoms with Crippen molar-refractivity contribution in [2.75, 3.05) is 25.0 Å². The summed E-state index contributed by atoms with van der Waals surface area (Å²) in [4.78, 5) is 25.8. The molecule has 1 fully saturated rings. The van der Waals surface area contributed by atoms with Crippen LogP contribution in [0.3, 0.4) is 0 Å². The van der Waals surface area contributed by atoms with E-state index in [1.54, 1.807) is 6.07 Å². The van der Waals surface area contributed by atoms with E-state index in [1.807, 2.05) is 12.1 Å². The topological polar surface area (TPSA) is 78.9 Å². The zero-order chi connectivity index (χ0) is 16.2. The molecule has 6 nitrogen and oxygen atoms in total. The first-order valence-electron chi connectivity index (χ1n) is 8.16. The highest BCUT2D eigenvalue weighted by atomic mass is 16.5. The van der Waals surface area contributed by atoms with Gasteiger partial charge in [0.2, 0.25) is 5.91 Å². The van der Waals surface area contributed by atoms with Gasteiger partial charge < -0.3 is 20.1 Å². The van der Waals surface area contributed by atoms with E-state index < -0.39 is 6.10 Å². The van der Waals surface area contributed by atoms with Crippen LogP contribution in [0.4, 0.5) is 5.69 Å². The lowest BCUT2D eigenvalue weighted by atomic mass is 10.1. The van der Waals surface area contributed by atoms with Gasteiger partial charge in [0.25, 0.3) is 5.91 Å². The number of para-hydroxylation sites is 1. The van der Waals surface area contributed by atoms with E-state index in [2.05, 4.69) is 5.32 Å². The number of nitrogens with one attached hydrogen (secondary N) is 1. The Morgan fingerprint density at radius 3 is 3.09 bits per heavy atom. The molecule has 2 N–H and O–H groups in total. The maximum absolute atomic E-state index is 12.3. The quantitative estimate of drug-likeness (QED) is 0.881. The maximum atomic E-state index is 12.3. The third kappa shape index (κ3) is 3.64. The molecule has 0 bridgehead atoms. The number of aliphatic hydroxyl groups excluding tert-OH is 1. The monoisotopic (exact) mass is 318 g/mol. The number of hydrogen-bond acceptors (Lipinski definition) is 4. The Morgan fingerprint density at radius 2 is 2.22 bits per heavy atom. The molecule has 1 aromatic carbocycles. The maximum Gasteiger partial charge on any atom is 0.251 e. The number of aryl methyl sites for hydroxylation is 1. The third-order valence-corrected chi connectivity index (χ3v) is 4.29. The number of nitrogens with zero attached hydrogens (tertiary/aromatic N) is 1. The fraction of sp³-hybridized carbons (Fsp3) is 0.529. The van der Waals surface area contributed by atoms with Gasteiger partial charge in [-0.15, -0.1) is 0 Å². The van der Waals surface area contributed by atoms with Gasteiger partial charge in [0.15, 0.2) is 0 Å². The molecule has 0 radical (unpaired) electrons. The average molecular weight is 318 g/mol. The summed E-state index contributed by atoms with van der Waals surface area (Å²) in [6.45, 7) is 1.11. The third-order valence-electron chi connectivity index (χ3n) is 4.29. The smallest absolute Gasteiger partial charge is 0.251 e. The second-order valence-electron chi connectivity index (χ2n) is 6.07. The van der Waals surface area contributed by atoms with Gasteiger partial charge in [0, 0.05) is 6.54 Å². The van der Waals surface area contributed by atoms with Crippen LogP contribution in [0.15, 0.2) is 18.2 Å². The number of likely N-dealkylation sites (tertiary alicyclic amines) is 1. The number of carbonyl (C=O) groups excluding carboxylic acids is 2. The molecule has 0 aromatic heterocycles. The van der Waals surface area contributed by atoms with Crippen molar-refractivity contribution in [3.05, 3.63) is 23.8 Å². The van der Waals surface area contributed by atoms with Crippen molar-refractivity contribution in [1.29, 1.82) is 0 Å². The molecular formula is C17H22N2O4. The molecule has 0 saturated carbocycles. The molecule has 3 rings (SSSR count). The van der Waals surface area contributed by atoms with E-state index in [-0.39, 0.29) is 18.4 Å². The minimum atomic E-state index is -0.988. The minimum absolute atomic E-state index is 0.0421. The first-order valence-corrected chi connectivity index (χ1v) is 8.16. The fourth-order valence-electron chi connectivity index (χ4n) is 3.09. The summed E-state index contributed by atoms with van der Waals surface area (Å²) in [5.41, 5.74) is 1.74. The number of fused-ring (bicyclic) bond motifs is 1. The number of ether oxygens (including phenoxy) is 1. The molecule has 2 aliphatic heterocycles. The summed E-state index contributed by atoms with van der Waals surface area (Å²) in [7, 11) is 0. The Hall–Kier alpha value is -2.08. The Kier molecular flexibility index (Phi) is 4.81. The molecule has 23 heavy (non-hydrogen) atoms. The molecule has 2 aliphatic rings. The molecule has 1 atom stereocenters. The van der Waals surface area contributed by atoms with Crippen molar-refractivity contribution in [1.82, 2.24) is 4.90 Å². The van der Waals surface area contributed by atoms with Crippen LogP contribution in [0, 0.1) is 0 Å². The van der Waals surface area contributed by atoms with Gasteiger partial charge in [-0.3, -0.25) is 9.59 Å². The number of benzene rings is 1. The lowest BCUT2D eigenvalue weighted by Crippen LogP contribution is -2.42. The number of hydrogen-bond donors (Lipinski definition) is 2. The second kappa shape index (κ2) is 7.00. The Bertz CT molecular complexity index is 602. The highest BCUT2D eigenvalue weighted by molar-refractivity contribution is 5.96. The molecule has 1 aromatic rings. The molecule has 2 amide bonds. The normalized spacial score (nSPS) is 21.2. The lowest BCUT2D eigenvalue weighted by molar-refractivity contribution is -0.141. The van der Waals surface area contributed by atoms with E-state index in [9.17, 15) is 14.7 Å². The largest absolute Gasteiger partial charge is 0.491 e. The van der Waals surface area contributed by atoms with Crippen LogP contribution >= 0.6 is 0 Å². The predicted octanol–water partition coefficient (Wildman–Crippen LogP) is 1.32. The van der Waals surface area contributed by atoms with Crippen LogP contribution in [0.25, 0.3) is 0 Å². The molecule has 124 valence electrons. The van der Waals surface area contributed by atoms with Crippen molar-refractivity contribution in [3.8, 4) is 5.75 Å². The summed E-state index contributed by atoms with van der Waals surface area (Å²) < 4.78 is 5.67. The average Bonchev–Trinajstić information content (AvgIpc) is 2.71. The molecule has 2 heterocycles. The van der Waals surface area contributed by atoms with Crippen molar-refractivity contribution in [3.63, 3.8) is 0 Å². The van der Waals surface area contributed by atoms with Crippen LogP contribution in [0.2, 0.25) is 0 Å². The predicted molar refractivity (Wildman–Crippen MR) is 85.3 cm³/mol. The highest BCUT2D eigenvalue weighted by Gasteiger charge is 2.26.